The molecule has 4 rings (SSSR count). The van der Waals surface area contributed by atoms with E-state index in [-0.39, 0.29) is 24.9 Å². The zero-order chi connectivity index (χ0) is 22.2. The summed E-state index contributed by atoms with van der Waals surface area (Å²) in [5.74, 6) is -1.50. The smallest absolute Gasteiger partial charge is 0.367 e. The summed E-state index contributed by atoms with van der Waals surface area (Å²) < 4.78 is 61.2. The Bertz CT molecular complexity index is 1070. The van der Waals surface area contributed by atoms with E-state index in [1.165, 1.54) is 4.90 Å². The number of halogens is 4. The van der Waals surface area contributed by atoms with Gasteiger partial charge in [-0.2, -0.15) is 13.2 Å². The minimum atomic E-state index is -4.90. The van der Waals surface area contributed by atoms with Crippen LogP contribution < -0.4 is 0 Å². The topological polar surface area (TPSA) is 60.2 Å². The average Bonchev–Trinajstić information content (AvgIpc) is 3.20. The third kappa shape index (κ3) is 4.29. The lowest BCUT2D eigenvalue weighted by atomic mass is 10.1. The summed E-state index contributed by atoms with van der Waals surface area (Å²) in [6.07, 6.45) is -5.76. The maximum Gasteiger partial charge on any atom is 0.435 e. The number of hydrogen-bond donors (Lipinski definition) is 0. The Balaban J connectivity index is 1.68. The number of nitrogens with zero attached hydrogens (tertiary/aromatic N) is 4. The Morgan fingerprint density at radius 1 is 1.06 bits per heavy atom. The average molecular weight is 434 g/mol. The van der Waals surface area contributed by atoms with Gasteiger partial charge in [-0.25, -0.2) is 9.07 Å². The van der Waals surface area contributed by atoms with Crippen LogP contribution in [0, 0.1) is 5.82 Å². The van der Waals surface area contributed by atoms with E-state index in [1.807, 2.05) is 30.3 Å². The molecular formula is C21H18F4N4O2. The van der Waals surface area contributed by atoms with Gasteiger partial charge in [-0.15, -0.1) is 5.10 Å². The molecule has 1 aliphatic heterocycles. The van der Waals surface area contributed by atoms with Crippen LogP contribution in [0.15, 0.2) is 54.6 Å². The molecule has 1 aliphatic rings. The molecule has 0 radical (unpaired) electrons. The number of aromatic nitrogens is 3. The van der Waals surface area contributed by atoms with Crippen LogP contribution in [0.1, 0.15) is 34.8 Å². The van der Waals surface area contributed by atoms with Crippen molar-refractivity contribution in [1.29, 1.82) is 0 Å². The first-order chi connectivity index (χ1) is 14.7. The van der Waals surface area contributed by atoms with Gasteiger partial charge in [-0.1, -0.05) is 35.5 Å². The molecule has 2 atom stereocenters. The Morgan fingerprint density at radius 3 is 2.39 bits per heavy atom. The van der Waals surface area contributed by atoms with Crippen LogP contribution in [-0.4, -0.2) is 45.0 Å². The van der Waals surface area contributed by atoms with E-state index in [4.69, 9.17) is 4.74 Å². The fourth-order valence-electron chi connectivity index (χ4n) is 3.56. The fourth-order valence-corrected chi connectivity index (χ4v) is 3.56. The van der Waals surface area contributed by atoms with Crippen molar-refractivity contribution in [3.63, 3.8) is 0 Å². The summed E-state index contributed by atoms with van der Waals surface area (Å²) in [5.41, 5.74) is -1.35. The van der Waals surface area contributed by atoms with E-state index in [1.54, 1.807) is 6.92 Å². The molecule has 1 fully saturated rings. The Morgan fingerprint density at radius 2 is 1.74 bits per heavy atom. The molecule has 3 aromatic rings. The minimum Gasteiger partial charge on any atom is -0.367 e. The van der Waals surface area contributed by atoms with Crippen molar-refractivity contribution in [1.82, 2.24) is 19.9 Å². The number of hydrogen-bond acceptors (Lipinski definition) is 4. The number of ether oxygens (including phenoxy) is 1. The van der Waals surface area contributed by atoms with Crippen molar-refractivity contribution in [2.24, 2.45) is 0 Å². The summed E-state index contributed by atoms with van der Waals surface area (Å²) in [5, 5.41) is 7.09. The third-order valence-electron chi connectivity index (χ3n) is 4.93. The van der Waals surface area contributed by atoms with Gasteiger partial charge in [0, 0.05) is 6.54 Å². The molecule has 2 unspecified atom stereocenters. The van der Waals surface area contributed by atoms with Crippen LogP contribution >= 0.6 is 0 Å². The van der Waals surface area contributed by atoms with Crippen LogP contribution in [0.25, 0.3) is 5.69 Å². The minimum absolute atomic E-state index is 0.0576. The molecule has 1 amide bonds. The van der Waals surface area contributed by atoms with E-state index in [2.05, 4.69) is 10.3 Å². The molecule has 0 saturated carbocycles. The van der Waals surface area contributed by atoms with Gasteiger partial charge in [-0.05, 0) is 36.8 Å². The van der Waals surface area contributed by atoms with E-state index in [9.17, 15) is 22.4 Å². The summed E-state index contributed by atoms with van der Waals surface area (Å²) in [6, 6.07) is 13.4. The zero-order valence-electron chi connectivity index (χ0n) is 16.4. The number of carbonyl (C=O) groups is 1. The number of carbonyl (C=O) groups excluding carboxylic acids is 1. The van der Waals surface area contributed by atoms with Crippen molar-refractivity contribution in [3.05, 3.63) is 77.4 Å². The van der Waals surface area contributed by atoms with Gasteiger partial charge in [0.15, 0.2) is 11.4 Å². The van der Waals surface area contributed by atoms with Gasteiger partial charge in [0.2, 0.25) is 0 Å². The molecule has 0 N–H and O–H groups in total. The van der Waals surface area contributed by atoms with Gasteiger partial charge >= 0.3 is 6.18 Å². The Hall–Kier alpha value is -3.27. The monoisotopic (exact) mass is 434 g/mol. The second-order valence-electron chi connectivity index (χ2n) is 7.23. The number of alkyl halides is 3. The molecule has 0 bridgehead atoms. The van der Waals surface area contributed by atoms with E-state index in [0.717, 1.165) is 29.8 Å². The van der Waals surface area contributed by atoms with E-state index in [0.29, 0.717) is 4.68 Å². The van der Waals surface area contributed by atoms with Crippen LogP contribution in [0.4, 0.5) is 17.6 Å². The normalized spacial score (nSPS) is 19.5. The van der Waals surface area contributed by atoms with Gasteiger partial charge in [0.25, 0.3) is 5.91 Å². The van der Waals surface area contributed by atoms with Crippen LogP contribution in [0.5, 0.6) is 0 Å². The van der Waals surface area contributed by atoms with Crippen molar-refractivity contribution in [2.75, 3.05) is 13.1 Å². The van der Waals surface area contributed by atoms with Crippen LogP contribution in [0.3, 0.4) is 0 Å². The Labute approximate surface area is 175 Å². The molecule has 162 valence electrons. The van der Waals surface area contributed by atoms with Gasteiger partial charge in [-0.3, -0.25) is 4.79 Å². The van der Waals surface area contributed by atoms with Crippen molar-refractivity contribution in [3.8, 4) is 5.69 Å². The lowest BCUT2D eigenvalue weighted by molar-refractivity contribution is -0.143. The molecule has 6 nitrogen and oxygen atoms in total. The van der Waals surface area contributed by atoms with Gasteiger partial charge in [0.05, 0.1) is 18.3 Å². The SMILES string of the molecule is CC1CN(C(=O)c2nnn(-c3ccc(F)cc3)c2C(F)(F)F)CC(c2ccccc2)O1. The van der Waals surface area contributed by atoms with Crippen molar-refractivity contribution in [2.45, 2.75) is 25.3 Å². The maximum atomic E-state index is 13.9. The largest absolute Gasteiger partial charge is 0.435 e. The quantitative estimate of drug-likeness (QED) is 0.584. The molecule has 1 saturated heterocycles. The molecule has 2 heterocycles. The predicted octanol–water partition coefficient (Wildman–Crippen LogP) is 4.03. The highest BCUT2D eigenvalue weighted by Crippen LogP contribution is 2.34. The maximum absolute atomic E-state index is 13.9. The summed E-state index contributed by atoms with van der Waals surface area (Å²) in [4.78, 5) is 14.4. The van der Waals surface area contributed by atoms with Crippen molar-refractivity contribution < 1.29 is 27.1 Å². The summed E-state index contributed by atoms with van der Waals surface area (Å²) >= 11 is 0. The number of amides is 1. The number of benzene rings is 2. The Kier molecular flexibility index (Phi) is 5.48. The van der Waals surface area contributed by atoms with Crippen LogP contribution in [0.2, 0.25) is 0 Å². The van der Waals surface area contributed by atoms with E-state index >= 15 is 0 Å². The molecule has 0 aliphatic carbocycles. The molecule has 1 aromatic heterocycles. The molecule has 0 spiro atoms. The second-order valence-corrected chi connectivity index (χ2v) is 7.23. The van der Waals surface area contributed by atoms with E-state index < -0.39 is 35.4 Å². The predicted molar refractivity (Wildman–Crippen MR) is 102 cm³/mol. The van der Waals surface area contributed by atoms with Crippen LogP contribution in [-0.2, 0) is 10.9 Å². The first kappa shape index (κ1) is 21.0. The fraction of sp³-hybridized carbons (Fsp3) is 0.286. The summed E-state index contributed by atoms with van der Waals surface area (Å²) in [6.45, 7) is 1.94. The molecule has 10 heteroatoms. The standard InChI is InChI=1S/C21H18F4N4O2/c1-13-11-28(12-17(31-13)14-5-3-2-4-6-14)20(30)18-19(21(23,24)25)29(27-26-18)16-9-7-15(22)8-10-16/h2-10,13,17H,11-12H2,1H3. The lowest BCUT2D eigenvalue weighted by Gasteiger charge is -2.36. The number of morpholine rings is 1. The van der Waals surface area contributed by atoms with Gasteiger partial charge < -0.3 is 9.64 Å². The highest BCUT2D eigenvalue weighted by Gasteiger charge is 2.44. The molecule has 31 heavy (non-hydrogen) atoms. The lowest BCUT2D eigenvalue weighted by Crippen LogP contribution is -2.46. The highest BCUT2D eigenvalue weighted by atomic mass is 19.4. The number of rotatable bonds is 3. The molecular weight excluding hydrogens is 416 g/mol. The first-order valence-electron chi connectivity index (χ1n) is 9.52. The summed E-state index contributed by atoms with van der Waals surface area (Å²) in [7, 11) is 0. The van der Waals surface area contributed by atoms with Crippen molar-refractivity contribution >= 4 is 5.91 Å². The van der Waals surface area contributed by atoms with Gasteiger partial charge in [0.1, 0.15) is 11.9 Å². The third-order valence-corrected chi connectivity index (χ3v) is 4.93. The zero-order valence-corrected chi connectivity index (χ0v) is 16.4. The second kappa shape index (κ2) is 8.10. The highest BCUT2D eigenvalue weighted by molar-refractivity contribution is 5.93. The molecule has 2 aromatic carbocycles. The first-order valence-corrected chi connectivity index (χ1v) is 9.52.